The molecule has 1 amide bonds. The molecular weight excluding hydrogens is 350 g/mol. The van der Waals surface area contributed by atoms with E-state index >= 15 is 0 Å². The highest BCUT2D eigenvalue weighted by molar-refractivity contribution is 5.77. The van der Waals surface area contributed by atoms with E-state index in [4.69, 9.17) is 14.2 Å². The molecule has 9 heteroatoms. The van der Waals surface area contributed by atoms with Crippen molar-refractivity contribution in [2.75, 3.05) is 33.5 Å². The van der Waals surface area contributed by atoms with Crippen LogP contribution in [-0.2, 0) is 9.53 Å². The summed E-state index contributed by atoms with van der Waals surface area (Å²) < 4.78 is 17.6. The molecule has 0 bridgehead atoms. The third-order valence-corrected chi connectivity index (χ3v) is 3.70. The van der Waals surface area contributed by atoms with Crippen LogP contribution in [0.2, 0.25) is 0 Å². The van der Waals surface area contributed by atoms with E-state index in [9.17, 15) is 4.79 Å². The van der Waals surface area contributed by atoms with Gasteiger partial charge in [0, 0.05) is 12.7 Å². The summed E-state index contributed by atoms with van der Waals surface area (Å²) in [5, 5.41) is 15.5. The van der Waals surface area contributed by atoms with E-state index in [1.165, 1.54) is 0 Å². The summed E-state index contributed by atoms with van der Waals surface area (Å²) >= 11 is 0. The van der Waals surface area contributed by atoms with Crippen LogP contribution in [0.4, 0.5) is 0 Å². The van der Waals surface area contributed by atoms with Gasteiger partial charge in [-0.3, -0.25) is 4.79 Å². The van der Waals surface area contributed by atoms with Gasteiger partial charge < -0.3 is 19.5 Å². The summed E-state index contributed by atoms with van der Waals surface area (Å²) in [4.78, 5) is 11.5. The molecule has 0 radical (unpaired) electrons. The van der Waals surface area contributed by atoms with Gasteiger partial charge >= 0.3 is 0 Å². The molecule has 0 atom stereocenters. The van der Waals surface area contributed by atoms with E-state index in [1.54, 1.807) is 23.8 Å². The number of amides is 1. The summed E-state index contributed by atoms with van der Waals surface area (Å²) in [5.74, 6) is 1.45. The van der Waals surface area contributed by atoms with Crippen LogP contribution in [0.5, 0.6) is 11.6 Å². The van der Waals surface area contributed by atoms with Crippen LogP contribution in [0, 0.1) is 0 Å². The summed E-state index contributed by atoms with van der Waals surface area (Å²) in [6, 6.07) is 11.0. The number of hydrogen-bond donors (Lipinski definition) is 1. The monoisotopic (exact) mass is 371 g/mol. The fourth-order valence-corrected chi connectivity index (χ4v) is 2.44. The van der Waals surface area contributed by atoms with E-state index in [0.717, 1.165) is 5.56 Å². The Hall–Kier alpha value is -3.20. The molecule has 27 heavy (non-hydrogen) atoms. The number of rotatable bonds is 9. The van der Waals surface area contributed by atoms with Gasteiger partial charge in [0.2, 0.25) is 11.8 Å². The van der Waals surface area contributed by atoms with Crippen LogP contribution >= 0.6 is 0 Å². The number of fused-ring (bicyclic) bond motifs is 1. The smallest absolute Gasteiger partial charge is 0.246 e. The lowest BCUT2D eigenvalue weighted by Gasteiger charge is -2.08. The van der Waals surface area contributed by atoms with Gasteiger partial charge in [0.25, 0.3) is 0 Å². The quantitative estimate of drug-likeness (QED) is 0.567. The number of para-hydroxylation sites is 1. The molecule has 1 N–H and O–H groups in total. The lowest BCUT2D eigenvalue weighted by Crippen LogP contribution is -2.31. The van der Waals surface area contributed by atoms with E-state index < -0.39 is 0 Å². The van der Waals surface area contributed by atoms with Crippen LogP contribution in [0.3, 0.4) is 0 Å². The zero-order chi connectivity index (χ0) is 19.1. The van der Waals surface area contributed by atoms with Crippen molar-refractivity contribution in [3.63, 3.8) is 0 Å². The Kier molecular flexibility index (Phi) is 6.16. The predicted molar refractivity (Wildman–Crippen MR) is 97.8 cm³/mol. The van der Waals surface area contributed by atoms with Crippen molar-refractivity contribution in [1.82, 2.24) is 25.1 Å². The van der Waals surface area contributed by atoms with Crippen molar-refractivity contribution in [1.29, 1.82) is 0 Å². The molecule has 0 spiro atoms. The topological polar surface area (TPSA) is 99.9 Å². The van der Waals surface area contributed by atoms with Gasteiger partial charge in [-0.2, -0.15) is 4.52 Å². The van der Waals surface area contributed by atoms with Crippen molar-refractivity contribution in [3.8, 4) is 23.0 Å². The zero-order valence-corrected chi connectivity index (χ0v) is 15.2. The van der Waals surface area contributed by atoms with E-state index in [1.807, 2.05) is 31.2 Å². The zero-order valence-electron chi connectivity index (χ0n) is 15.2. The lowest BCUT2D eigenvalue weighted by molar-refractivity contribution is -0.125. The fraction of sp³-hybridized carbons (Fsp3) is 0.333. The molecule has 0 unspecified atom stereocenters. The molecule has 1 aromatic carbocycles. The first-order chi connectivity index (χ1) is 13.2. The van der Waals surface area contributed by atoms with E-state index in [-0.39, 0.29) is 19.1 Å². The largest absolute Gasteiger partial charge is 0.496 e. The molecule has 3 rings (SSSR count). The minimum absolute atomic E-state index is 0.0453. The number of carbonyl (C=O) groups excluding carboxylic acids is 1. The predicted octanol–water partition coefficient (Wildman–Crippen LogP) is 1.33. The maximum atomic E-state index is 11.5. The highest BCUT2D eigenvalue weighted by atomic mass is 16.5. The highest BCUT2D eigenvalue weighted by Crippen LogP contribution is 2.28. The molecule has 0 aliphatic rings. The number of aromatic nitrogens is 4. The Labute approximate surface area is 156 Å². The van der Waals surface area contributed by atoms with Crippen LogP contribution in [0.1, 0.15) is 6.92 Å². The first-order valence-electron chi connectivity index (χ1n) is 8.56. The fourth-order valence-electron chi connectivity index (χ4n) is 2.44. The molecule has 9 nitrogen and oxygen atoms in total. The van der Waals surface area contributed by atoms with E-state index in [0.29, 0.717) is 36.3 Å². The number of nitrogens with zero attached hydrogens (tertiary/aromatic N) is 4. The van der Waals surface area contributed by atoms with Crippen molar-refractivity contribution >= 4 is 11.6 Å². The minimum atomic E-state index is -0.180. The van der Waals surface area contributed by atoms with Gasteiger partial charge in [-0.25, -0.2) is 0 Å². The Bertz CT molecular complexity index is 912. The number of carbonyl (C=O) groups is 1. The molecule has 2 heterocycles. The number of nitrogens with one attached hydrogen (secondary N) is 1. The minimum Gasteiger partial charge on any atom is -0.496 e. The summed E-state index contributed by atoms with van der Waals surface area (Å²) in [5.41, 5.74) is 1.37. The molecule has 3 aromatic rings. The first-order valence-corrected chi connectivity index (χ1v) is 8.56. The first kappa shape index (κ1) is 18.6. The van der Waals surface area contributed by atoms with Crippen molar-refractivity contribution in [3.05, 3.63) is 36.4 Å². The highest BCUT2D eigenvalue weighted by Gasteiger charge is 2.14. The Morgan fingerprint density at radius 2 is 2.04 bits per heavy atom. The average Bonchev–Trinajstić information content (AvgIpc) is 3.12. The Balaban J connectivity index is 1.69. The third-order valence-electron chi connectivity index (χ3n) is 3.70. The van der Waals surface area contributed by atoms with Crippen molar-refractivity contribution < 1.29 is 19.0 Å². The SMILES string of the molecule is CCOCC(=O)NCCOc1ccc2nnc(-c3ccccc3OC)n2n1. The number of ether oxygens (including phenoxy) is 3. The molecule has 0 fully saturated rings. The molecule has 0 saturated heterocycles. The third kappa shape index (κ3) is 4.50. The molecule has 142 valence electrons. The second kappa shape index (κ2) is 8.95. The summed E-state index contributed by atoms with van der Waals surface area (Å²) in [6.45, 7) is 3.02. The number of methoxy groups -OCH3 is 1. The van der Waals surface area contributed by atoms with Gasteiger partial charge in [0.05, 0.1) is 19.2 Å². The van der Waals surface area contributed by atoms with Crippen LogP contribution in [0.15, 0.2) is 36.4 Å². The Morgan fingerprint density at radius 3 is 2.85 bits per heavy atom. The molecular formula is C18H21N5O4. The van der Waals surface area contributed by atoms with Crippen molar-refractivity contribution in [2.45, 2.75) is 6.92 Å². The normalized spacial score (nSPS) is 10.7. The average molecular weight is 371 g/mol. The molecule has 0 aliphatic carbocycles. The maximum absolute atomic E-state index is 11.5. The second-order valence-corrected chi connectivity index (χ2v) is 5.50. The number of hydrogen-bond acceptors (Lipinski definition) is 7. The molecule has 2 aromatic heterocycles. The van der Waals surface area contributed by atoms with E-state index in [2.05, 4.69) is 20.6 Å². The summed E-state index contributed by atoms with van der Waals surface area (Å²) in [7, 11) is 1.60. The summed E-state index contributed by atoms with van der Waals surface area (Å²) in [6.07, 6.45) is 0. The van der Waals surface area contributed by atoms with Gasteiger partial charge in [-0.15, -0.1) is 15.3 Å². The molecule has 0 aliphatic heterocycles. The van der Waals surface area contributed by atoms with Gasteiger partial charge in [0.15, 0.2) is 11.5 Å². The van der Waals surface area contributed by atoms with Gasteiger partial charge in [-0.05, 0) is 25.1 Å². The van der Waals surface area contributed by atoms with Gasteiger partial charge in [-0.1, -0.05) is 12.1 Å². The maximum Gasteiger partial charge on any atom is 0.246 e. The Morgan fingerprint density at radius 1 is 1.19 bits per heavy atom. The van der Waals surface area contributed by atoms with Crippen LogP contribution in [0.25, 0.3) is 17.0 Å². The lowest BCUT2D eigenvalue weighted by atomic mass is 10.2. The second-order valence-electron chi connectivity index (χ2n) is 5.50. The standard InChI is InChI=1S/C18H21N5O4/c1-3-26-12-16(24)19-10-11-27-17-9-8-15-20-21-18(23(15)22-17)13-6-4-5-7-14(13)25-2/h4-9H,3,10-12H2,1-2H3,(H,19,24). The van der Waals surface area contributed by atoms with Gasteiger partial charge in [0.1, 0.15) is 19.0 Å². The number of benzene rings is 1. The van der Waals surface area contributed by atoms with Crippen molar-refractivity contribution in [2.24, 2.45) is 0 Å². The molecule has 0 saturated carbocycles. The van der Waals surface area contributed by atoms with Crippen LogP contribution in [-0.4, -0.2) is 59.2 Å². The van der Waals surface area contributed by atoms with Crippen LogP contribution < -0.4 is 14.8 Å².